The Morgan fingerprint density at radius 3 is 2.60 bits per heavy atom. The van der Waals surface area contributed by atoms with Crippen molar-refractivity contribution in [1.82, 2.24) is 19.5 Å². The fraction of sp³-hybridized carbons (Fsp3) is 0.450. The summed E-state index contributed by atoms with van der Waals surface area (Å²) < 4.78 is 42.4. The van der Waals surface area contributed by atoms with Crippen LogP contribution >= 0.6 is 27.3 Å². The van der Waals surface area contributed by atoms with Crippen molar-refractivity contribution in [3.8, 4) is 10.6 Å². The van der Waals surface area contributed by atoms with E-state index in [1.807, 2.05) is 18.7 Å². The minimum absolute atomic E-state index is 0.0516. The molecule has 1 amide bonds. The summed E-state index contributed by atoms with van der Waals surface area (Å²) in [6, 6.07) is 4.68. The molecule has 160 valence electrons. The van der Waals surface area contributed by atoms with Gasteiger partial charge in [0.1, 0.15) is 0 Å². The molecule has 0 aromatic carbocycles. The molecule has 0 spiro atoms. The fourth-order valence-electron chi connectivity index (χ4n) is 4.05. The largest absolute Gasteiger partial charge is 0.433 e. The van der Waals surface area contributed by atoms with Crippen LogP contribution in [0.4, 0.5) is 13.2 Å². The Morgan fingerprint density at radius 2 is 2.00 bits per heavy atom. The highest BCUT2D eigenvalue weighted by Crippen LogP contribution is 2.36. The molecule has 0 aliphatic carbocycles. The maximum absolute atomic E-state index is 13.8. The smallest absolute Gasteiger partial charge is 0.337 e. The normalized spacial score (nSPS) is 20.1. The van der Waals surface area contributed by atoms with Crippen LogP contribution in [0.1, 0.15) is 44.5 Å². The summed E-state index contributed by atoms with van der Waals surface area (Å²) in [5, 5.41) is 5.91. The molecule has 0 N–H and O–H groups in total. The van der Waals surface area contributed by atoms with Crippen molar-refractivity contribution < 1.29 is 18.0 Å². The summed E-state index contributed by atoms with van der Waals surface area (Å²) in [7, 11) is 0. The third-order valence-corrected chi connectivity index (χ3v) is 7.17. The highest BCUT2D eigenvalue weighted by Gasteiger charge is 2.37. The molecule has 0 saturated carbocycles. The molecule has 1 fully saturated rings. The fourth-order valence-corrected chi connectivity index (χ4v) is 5.21. The number of likely N-dealkylation sites (tertiary alicyclic amines) is 1. The second-order valence-corrected chi connectivity index (χ2v) is 9.35. The molecule has 1 saturated heterocycles. The van der Waals surface area contributed by atoms with Gasteiger partial charge in [-0.15, -0.1) is 11.3 Å². The van der Waals surface area contributed by atoms with Crippen LogP contribution in [0.15, 0.2) is 28.1 Å². The van der Waals surface area contributed by atoms with Crippen molar-refractivity contribution >= 4 is 38.8 Å². The van der Waals surface area contributed by atoms with Gasteiger partial charge in [-0.3, -0.25) is 4.79 Å². The molecule has 2 unspecified atom stereocenters. The van der Waals surface area contributed by atoms with Crippen LogP contribution in [0.5, 0.6) is 0 Å². The second-order valence-electron chi connectivity index (χ2n) is 7.60. The first-order chi connectivity index (χ1) is 14.2. The lowest BCUT2D eigenvalue weighted by molar-refractivity contribution is -0.142. The number of fused-ring (bicyclic) bond motifs is 1. The Hall–Kier alpha value is -1.94. The Balaban J connectivity index is 1.77. The van der Waals surface area contributed by atoms with Gasteiger partial charge in [-0.1, -0.05) is 6.07 Å². The number of nitrogens with zero attached hydrogens (tertiary/aromatic N) is 4. The van der Waals surface area contributed by atoms with Crippen molar-refractivity contribution in [2.75, 3.05) is 0 Å². The van der Waals surface area contributed by atoms with Crippen molar-refractivity contribution in [3.63, 3.8) is 0 Å². The molecule has 1 aliphatic rings. The van der Waals surface area contributed by atoms with E-state index in [1.165, 1.54) is 11.3 Å². The third kappa shape index (κ3) is 3.87. The van der Waals surface area contributed by atoms with Gasteiger partial charge in [-0.2, -0.15) is 18.3 Å². The zero-order chi connectivity index (χ0) is 21.6. The summed E-state index contributed by atoms with van der Waals surface area (Å²) in [6.07, 6.45) is -1.78. The number of hydrogen-bond donors (Lipinski definition) is 0. The summed E-state index contributed by atoms with van der Waals surface area (Å²) in [5.41, 5.74) is -0.390. The van der Waals surface area contributed by atoms with Crippen LogP contribution in [0, 0.1) is 0 Å². The lowest BCUT2D eigenvalue weighted by atomic mass is 9.97. The molecule has 10 heteroatoms. The second kappa shape index (κ2) is 7.96. The molecule has 1 aliphatic heterocycles. The zero-order valence-electron chi connectivity index (χ0n) is 16.4. The van der Waals surface area contributed by atoms with Gasteiger partial charge in [0, 0.05) is 12.1 Å². The van der Waals surface area contributed by atoms with E-state index < -0.39 is 11.9 Å². The molecular formula is C20H20BrF3N4OS. The predicted molar refractivity (Wildman–Crippen MR) is 112 cm³/mol. The maximum Gasteiger partial charge on any atom is 0.433 e. The molecule has 4 heterocycles. The van der Waals surface area contributed by atoms with Gasteiger partial charge in [0.05, 0.1) is 27.2 Å². The summed E-state index contributed by atoms with van der Waals surface area (Å²) >= 11 is 4.66. The van der Waals surface area contributed by atoms with E-state index >= 15 is 0 Å². The first-order valence-corrected chi connectivity index (χ1v) is 11.3. The van der Waals surface area contributed by atoms with Gasteiger partial charge >= 0.3 is 6.18 Å². The number of piperidine rings is 1. The van der Waals surface area contributed by atoms with Crippen molar-refractivity contribution in [1.29, 1.82) is 0 Å². The predicted octanol–water partition coefficient (Wildman–Crippen LogP) is 5.57. The first-order valence-electron chi connectivity index (χ1n) is 9.67. The van der Waals surface area contributed by atoms with Crippen LogP contribution in [-0.2, 0) is 17.4 Å². The van der Waals surface area contributed by atoms with Gasteiger partial charge in [0.15, 0.2) is 11.3 Å². The molecule has 30 heavy (non-hydrogen) atoms. The monoisotopic (exact) mass is 500 g/mol. The van der Waals surface area contributed by atoms with E-state index in [2.05, 4.69) is 26.0 Å². The molecule has 2 atom stereocenters. The van der Waals surface area contributed by atoms with Gasteiger partial charge in [-0.25, -0.2) is 9.50 Å². The van der Waals surface area contributed by atoms with Gasteiger partial charge in [0.25, 0.3) is 0 Å². The average Bonchev–Trinajstić information content (AvgIpc) is 3.29. The van der Waals surface area contributed by atoms with Crippen molar-refractivity contribution in [3.05, 3.63) is 39.4 Å². The number of carbonyl (C=O) groups is 1. The average molecular weight is 501 g/mol. The van der Waals surface area contributed by atoms with E-state index in [9.17, 15) is 18.0 Å². The number of halogens is 4. The van der Waals surface area contributed by atoms with E-state index in [1.54, 1.807) is 17.5 Å². The van der Waals surface area contributed by atoms with E-state index in [0.717, 1.165) is 29.8 Å². The topological polar surface area (TPSA) is 50.5 Å². The summed E-state index contributed by atoms with van der Waals surface area (Å²) in [5.74, 6) is -0.133. The van der Waals surface area contributed by atoms with Crippen LogP contribution in [-0.4, -0.2) is 37.5 Å². The van der Waals surface area contributed by atoms with E-state index in [0.29, 0.717) is 9.35 Å². The SMILES string of the molecule is CC1CCCC(C)N1C(=O)Cc1nn2c(C(F)(F)F)cc(-c3cccs3)nc2c1Br. The number of rotatable bonds is 3. The lowest BCUT2D eigenvalue weighted by Gasteiger charge is -2.39. The molecule has 0 radical (unpaired) electrons. The highest BCUT2D eigenvalue weighted by molar-refractivity contribution is 9.10. The first kappa shape index (κ1) is 21.3. The lowest BCUT2D eigenvalue weighted by Crippen LogP contribution is -2.48. The molecular weight excluding hydrogens is 481 g/mol. The minimum Gasteiger partial charge on any atom is -0.337 e. The van der Waals surface area contributed by atoms with Gasteiger partial charge in [-0.05, 0) is 66.6 Å². The van der Waals surface area contributed by atoms with Crippen LogP contribution < -0.4 is 0 Å². The molecule has 4 rings (SSSR count). The van der Waals surface area contributed by atoms with E-state index in [-0.39, 0.29) is 41.4 Å². The molecule has 0 bridgehead atoms. The maximum atomic E-state index is 13.8. The van der Waals surface area contributed by atoms with Crippen molar-refractivity contribution in [2.24, 2.45) is 0 Å². The van der Waals surface area contributed by atoms with Gasteiger partial charge in [0.2, 0.25) is 5.91 Å². The standard InChI is InChI=1S/C20H20BrF3N4OS/c1-11-5-3-6-12(2)27(11)17(29)10-14-18(21)19-25-13(15-7-4-8-30-15)9-16(20(22,23)24)28(19)26-14/h4,7-9,11-12H,3,5-6,10H2,1-2H3. The van der Waals surface area contributed by atoms with Crippen molar-refractivity contribution in [2.45, 2.75) is 57.8 Å². The molecule has 5 nitrogen and oxygen atoms in total. The minimum atomic E-state index is -4.62. The van der Waals surface area contributed by atoms with Crippen LogP contribution in [0.25, 0.3) is 16.2 Å². The number of alkyl halides is 3. The number of thiophene rings is 1. The number of carbonyl (C=O) groups excluding carboxylic acids is 1. The summed E-state index contributed by atoms with van der Waals surface area (Å²) in [4.78, 5) is 19.8. The number of hydrogen-bond acceptors (Lipinski definition) is 4. The Bertz CT molecular complexity index is 1070. The van der Waals surface area contributed by atoms with E-state index in [4.69, 9.17) is 0 Å². The Morgan fingerprint density at radius 1 is 1.30 bits per heavy atom. The third-order valence-electron chi connectivity index (χ3n) is 5.46. The van der Waals surface area contributed by atoms with Crippen LogP contribution in [0.3, 0.4) is 0 Å². The Kier molecular flexibility index (Phi) is 5.65. The quantitative estimate of drug-likeness (QED) is 0.472. The molecule has 3 aromatic heterocycles. The van der Waals surface area contributed by atoms with Crippen LogP contribution in [0.2, 0.25) is 0 Å². The summed E-state index contributed by atoms with van der Waals surface area (Å²) in [6.45, 7) is 4.01. The Labute approximate surface area is 184 Å². The number of amides is 1. The van der Waals surface area contributed by atoms with Gasteiger partial charge < -0.3 is 4.90 Å². The number of aromatic nitrogens is 3. The highest BCUT2D eigenvalue weighted by atomic mass is 79.9. The zero-order valence-corrected chi connectivity index (χ0v) is 18.8. The molecule has 3 aromatic rings.